The number of hydrogen-bond donors (Lipinski definition) is 1. The summed E-state index contributed by atoms with van der Waals surface area (Å²) in [5, 5.41) is 6.48. The molecule has 0 amide bonds. The molecule has 1 atom stereocenters. The lowest BCUT2D eigenvalue weighted by Gasteiger charge is -2.33. The molecule has 0 radical (unpaired) electrons. The maximum absolute atomic E-state index is 13.4. The molecular formula is C19H21FN4S. The van der Waals surface area contributed by atoms with Gasteiger partial charge in [-0.25, -0.2) is 9.37 Å². The molecule has 4 nitrogen and oxygen atoms in total. The Morgan fingerprint density at radius 2 is 2.24 bits per heavy atom. The van der Waals surface area contributed by atoms with E-state index in [1.54, 1.807) is 23.5 Å². The molecule has 3 aromatic rings. The maximum Gasteiger partial charge on any atom is 0.193 e. The van der Waals surface area contributed by atoms with Gasteiger partial charge in [-0.2, -0.15) is 0 Å². The second-order valence-corrected chi connectivity index (χ2v) is 7.29. The van der Waals surface area contributed by atoms with E-state index >= 15 is 0 Å². The number of benzene rings is 1. The number of rotatable bonds is 5. The Morgan fingerprint density at radius 3 is 3.08 bits per heavy atom. The molecule has 6 heteroatoms. The summed E-state index contributed by atoms with van der Waals surface area (Å²) in [6, 6.07) is 11.3. The van der Waals surface area contributed by atoms with Gasteiger partial charge in [0.2, 0.25) is 0 Å². The number of piperidine rings is 1. The quantitative estimate of drug-likeness (QED) is 0.745. The van der Waals surface area contributed by atoms with Crippen LogP contribution < -0.4 is 5.32 Å². The number of nitrogens with one attached hydrogen (secondary N) is 1. The third-order valence-corrected chi connectivity index (χ3v) is 5.32. The second kappa shape index (κ2) is 7.37. The molecule has 0 spiro atoms. The third kappa shape index (κ3) is 3.91. The van der Waals surface area contributed by atoms with Crippen LogP contribution in [0.15, 0.2) is 54.2 Å². The topological polar surface area (TPSA) is 33.1 Å². The molecule has 0 saturated carbocycles. The third-order valence-electron chi connectivity index (χ3n) is 4.55. The summed E-state index contributed by atoms with van der Waals surface area (Å²) >= 11 is 1.65. The van der Waals surface area contributed by atoms with Crippen molar-refractivity contribution < 1.29 is 4.39 Å². The van der Waals surface area contributed by atoms with Crippen LogP contribution in [-0.2, 0) is 6.54 Å². The molecule has 1 aliphatic rings. The molecule has 1 saturated heterocycles. The van der Waals surface area contributed by atoms with Crippen LogP contribution in [-0.4, -0.2) is 33.6 Å². The van der Waals surface area contributed by atoms with Gasteiger partial charge in [-0.3, -0.25) is 9.47 Å². The van der Waals surface area contributed by atoms with Crippen LogP contribution in [0, 0.1) is 5.82 Å². The number of halogens is 1. The highest BCUT2D eigenvalue weighted by Crippen LogP contribution is 2.21. The van der Waals surface area contributed by atoms with E-state index in [1.165, 1.54) is 11.8 Å². The highest BCUT2D eigenvalue weighted by atomic mass is 32.1. The number of aromatic nitrogens is 2. The van der Waals surface area contributed by atoms with Crippen molar-refractivity contribution in [2.24, 2.45) is 0 Å². The van der Waals surface area contributed by atoms with Crippen molar-refractivity contribution in [3.63, 3.8) is 0 Å². The van der Waals surface area contributed by atoms with Crippen molar-refractivity contribution >= 4 is 17.0 Å². The summed E-state index contributed by atoms with van der Waals surface area (Å²) in [6.45, 7) is 2.94. The molecule has 1 aromatic carbocycles. The van der Waals surface area contributed by atoms with E-state index in [9.17, 15) is 4.39 Å². The van der Waals surface area contributed by atoms with Crippen molar-refractivity contribution in [2.75, 3.05) is 18.4 Å². The van der Waals surface area contributed by atoms with Crippen LogP contribution >= 0.6 is 11.3 Å². The van der Waals surface area contributed by atoms with E-state index in [-0.39, 0.29) is 5.82 Å². The van der Waals surface area contributed by atoms with Crippen LogP contribution in [0.4, 0.5) is 10.1 Å². The van der Waals surface area contributed by atoms with Crippen molar-refractivity contribution in [3.05, 3.63) is 65.7 Å². The number of likely N-dealkylation sites (tertiary alicyclic amines) is 1. The summed E-state index contributed by atoms with van der Waals surface area (Å²) in [6.07, 6.45) is 6.16. The SMILES string of the molecule is Fc1cccc(N[C@@H]2CCCN(Cc3cccn3-c3nccs3)C2)c1. The van der Waals surface area contributed by atoms with Gasteiger partial charge in [-0.1, -0.05) is 6.07 Å². The minimum atomic E-state index is -0.195. The fraction of sp³-hybridized carbons (Fsp3) is 0.316. The lowest BCUT2D eigenvalue weighted by molar-refractivity contribution is 0.205. The van der Waals surface area contributed by atoms with E-state index < -0.39 is 0 Å². The van der Waals surface area contributed by atoms with Gasteiger partial charge in [0.25, 0.3) is 0 Å². The minimum Gasteiger partial charge on any atom is -0.381 e. The Bertz CT molecular complexity index is 814. The summed E-state index contributed by atoms with van der Waals surface area (Å²) < 4.78 is 15.5. The summed E-state index contributed by atoms with van der Waals surface area (Å²) in [5.41, 5.74) is 2.11. The van der Waals surface area contributed by atoms with Crippen LogP contribution in [0.5, 0.6) is 0 Å². The molecule has 0 unspecified atom stereocenters. The second-order valence-electron chi connectivity index (χ2n) is 6.41. The highest BCUT2D eigenvalue weighted by Gasteiger charge is 2.21. The monoisotopic (exact) mass is 356 g/mol. The lowest BCUT2D eigenvalue weighted by atomic mass is 10.0. The average Bonchev–Trinajstić information content (AvgIpc) is 3.26. The molecule has 1 N–H and O–H groups in total. The standard InChI is InChI=1S/C19H21FN4S/c20-15-4-1-5-16(12-15)22-17-6-2-9-23(13-17)14-18-7-3-10-24(18)19-21-8-11-25-19/h1,3-5,7-8,10-12,17,22H,2,6,9,13-14H2/t17-/m1/s1. The zero-order chi connectivity index (χ0) is 17.1. The van der Waals surface area contributed by atoms with Gasteiger partial charge in [0.05, 0.1) is 0 Å². The van der Waals surface area contributed by atoms with E-state index in [0.29, 0.717) is 6.04 Å². The maximum atomic E-state index is 13.4. The Labute approximate surface area is 150 Å². The fourth-order valence-corrected chi connectivity index (χ4v) is 4.08. The lowest BCUT2D eigenvalue weighted by Crippen LogP contribution is -2.41. The van der Waals surface area contributed by atoms with E-state index in [2.05, 4.69) is 38.1 Å². The van der Waals surface area contributed by atoms with Gasteiger partial charge in [-0.05, 0) is 49.7 Å². The van der Waals surface area contributed by atoms with Crippen LogP contribution in [0.25, 0.3) is 5.13 Å². The number of nitrogens with zero attached hydrogens (tertiary/aromatic N) is 3. The number of hydrogen-bond acceptors (Lipinski definition) is 4. The van der Waals surface area contributed by atoms with Gasteiger partial charge < -0.3 is 5.32 Å². The largest absolute Gasteiger partial charge is 0.381 e. The van der Waals surface area contributed by atoms with Crippen LogP contribution in [0.2, 0.25) is 0 Å². The van der Waals surface area contributed by atoms with Crippen molar-refractivity contribution in [1.29, 1.82) is 0 Å². The minimum absolute atomic E-state index is 0.195. The number of thiazole rings is 1. The molecular weight excluding hydrogens is 335 g/mol. The molecule has 1 aliphatic heterocycles. The van der Waals surface area contributed by atoms with Crippen molar-refractivity contribution in [1.82, 2.24) is 14.5 Å². The molecule has 1 fully saturated rings. The first-order valence-electron chi connectivity index (χ1n) is 8.58. The molecule has 4 rings (SSSR count). The Hall–Kier alpha value is -2.18. The van der Waals surface area contributed by atoms with E-state index in [4.69, 9.17) is 0 Å². The Morgan fingerprint density at radius 1 is 1.28 bits per heavy atom. The van der Waals surface area contributed by atoms with Crippen LogP contribution in [0.3, 0.4) is 0 Å². The molecule has 25 heavy (non-hydrogen) atoms. The van der Waals surface area contributed by atoms with E-state index in [0.717, 1.165) is 43.3 Å². The predicted octanol–water partition coefficient (Wildman–Crippen LogP) is 4.15. The summed E-state index contributed by atoms with van der Waals surface area (Å²) in [5.74, 6) is -0.195. The van der Waals surface area contributed by atoms with Gasteiger partial charge in [0, 0.05) is 48.3 Å². The van der Waals surface area contributed by atoms with Crippen LogP contribution in [0.1, 0.15) is 18.5 Å². The van der Waals surface area contributed by atoms with Gasteiger partial charge in [-0.15, -0.1) is 11.3 Å². The Balaban J connectivity index is 1.41. The number of anilines is 1. The molecule has 3 heterocycles. The predicted molar refractivity (Wildman–Crippen MR) is 99.8 cm³/mol. The normalized spacial score (nSPS) is 18.4. The molecule has 2 aromatic heterocycles. The summed E-state index contributed by atoms with van der Waals surface area (Å²) in [4.78, 5) is 6.86. The van der Waals surface area contributed by atoms with Crippen molar-refractivity contribution in [3.8, 4) is 5.13 Å². The smallest absolute Gasteiger partial charge is 0.193 e. The fourth-order valence-electron chi connectivity index (χ4n) is 3.43. The van der Waals surface area contributed by atoms with E-state index in [1.807, 2.05) is 17.6 Å². The van der Waals surface area contributed by atoms with Gasteiger partial charge >= 0.3 is 0 Å². The average molecular weight is 356 g/mol. The van der Waals surface area contributed by atoms with Gasteiger partial charge in [0.1, 0.15) is 5.82 Å². The molecule has 0 aliphatic carbocycles. The molecule has 0 bridgehead atoms. The first kappa shape index (κ1) is 16.3. The highest BCUT2D eigenvalue weighted by molar-refractivity contribution is 7.12. The zero-order valence-corrected chi connectivity index (χ0v) is 14.8. The summed E-state index contributed by atoms with van der Waals surface area (Å²) in [7, 11) is 0. The Kier molecular flexibility index (Phi) is 4.81. The van der Waals surface area contributed by atoms with Crippen molar-refractivity contribution in [2.45, 2.75) is 25.4 Å². The first-order valence-corrected chi connectivity index (χ1v) is 9.46. The first-order chi connectivity index (χ1) is 12.3. The van der Waals surface area contributed by atoms with Gasteiger partial charge in [0.15, 0.2) is 5.13 Å². The molecule has 130 valence electrons. The zero-order valence-electron chi connectivity index (χ0n) is 13.9.